The summed E-state index contributed by atoms with van der Waals surface area (Å²) < 4.78 is 0.476. The molecule has 0 aliphatic heterocycles. The van der Waals surface area contributed by atoms with Crippen LogP contribution in [0.1, 0.15) is 20.3 Å². The van der Waals surface area contributed by atoms with E-state index in [1.165, 1.54) is 0 Å². The molecule has 0 aromatic carbocycles. The zero-order valence-electron chi connectivity index (χ0n) is 10.5. The quantitative estimate of drug-likeness (QED) is 0.620. The van der Waals surface area contributed by atoms with Gasteiger partial charge in [-0.05, 0) is 12.3 Å². The van der Waals surface area contributed by atoms with Gasteiger partial charge in [-0.1, -0.05) is 13.8 Å². The molecule has 0 aliphatic carbocycles. The average Bonchev–Trinajstić information content (AvgIpc) is 2.59. The van der Waals surface area contributed by atoms with Crippen LogP contribution in [-0.2, 0) is 4.79 Å². The number of amides is 1. The molecule has 1 aromatic heterocycles. The van der Waals surface area contributed by atoms with E-state index in [1.807, 2.05) is 13.8 Å². The molecule has 1 rings (SSSR count). The maximum atomic E-state index is 11.5. The lowest BCUT2D eigenvalue weighted by Crippen LogP contribution is -2.44. The summed E-state index contributed by atoms with van der Waals surface area (Å²) in [7, 11) is 0. The first kappa shape index (κ1) is 14.7. The lowest BCUT2D eigenvalue weighted by Gasteiger charge is -2.16. The number of hydrogen-bond acceptors (Lipinski definition) is 5. The Balaban J connectivity index is 2.65. The molecule has 8 nitrogen and oxygen atoms in total. The number of aromatic hydroxyl groups is 2. The molecule has 0 unspecified atom stereocenters. The number of carbonyl (C=O) groups is 2. The van der Waals surface area contributed by atoms with Crippen molar-refractivity contribution in [1.82, 2.24) is 10.0 Å². The van der Waals surface area contributed by atoms with E-state index in [0.717, 1.165) is 12.1 Å². The summed E-state index contributed by atoms with van der Waals surface area (Å²) in [6.45, 7) is 3.62. The van der Waals surface area contributed by atoms with Crippen LogP contribution in [0.25, 0.3) is 0 Å². The highest BCUT2D eigenvalue weighted by molar-refractivity contribution is 5.80. The van der Waals surface area contributed by atoms with Gasteiger partial charge in [0.05, 0.1) is 0 Å². The standard InChI is InChI=1S/C11H16N2O6/c1-6(2)5-7(10(16)17)12-11(18)19-13-8(14)3-4-9(13)15/h3-4,6-7,14-15H,5H2,1-2H3,(H,12,18)(H,16,17)/t7-/m0/s1. The number of rotatable bonds is 5. The lowest BCUT2D eigenvalue weighted by molar-refractivity contribution is -0.139. The number of hydrogen-bond donors (Lipinski definition) is 4. The van der Waals surface area contributed by atoms with E-state index in [-0.39, 0.29) is 12.3 Å². The Morgan fingerprint density at radius 3 is 2.26 bits per heavy atom. The van der Waals surface area contributed by atoms with Gasteiger partial charge in [0.15, 0.2) is 0 Å². The largest absolute Gasteiger partial charge is 0.492 e. The highest BCUT2D eigenvalue weighted by atomic mass is 16.7. The zero-order valence-corrected chi connectivity index (χ0v) is 10.5. The molecule has 19 heavy (non-hydrogen) atoms. The van der Waals surface area contributed by atoms with E-state index in [4.69, 9.17) is 5.11 Å². The molecular weight excluding hydrogens is 256 g/mol. The van der Waals surface area contributed by atoms with Crippen LogP contribution in [0.15, 0.2) is 12.1 Å². The van der Waals surface area contributed by atoms with Crippen molar-refractivity contribution in [3.05, 3.63) is 12.1 Å². The third kappa shape index (κ3) is 4.09. The van der Waals surface area contributed by atoms with Gasteiger partial charge >= 0.3 is 12.1 Å². The fraction of sp³-hybridized carbons (Fsp3) is 0.455. The Morgan fingerprint density at radius 1 is 1.32 bits per heavy atom. The van der Waals surface area contributed by atoms with Crippen molar-refractivity contribution in [2.45, 2.75) is 26.3 Å². The van der Waals surface area contributed by atoms with E-state index in [2.05, 4.69) is 10.2 Å². The maximum Gasteiger partial charge on any atom is 0.432 e. The zero-order chi connectivity index (χ0) is 14.6. The number of aromatic nitrogens is 1. The first-order valence-corrected chi connectivity index (χ1v) is 5.62. The third-order valence-electron chi connectivity index (χ3n) is 2.27. The summed E-state index contributed by atoms with van der Waals surface area (Å²) in [5, 5.41) is 29.6. The molecule has 1 heterocycles. The maximum absolute atomic E-state index is 11.5. The minimum absolute atomic E-state index is 0.0646. The smallest absolute Gasteiger partial charge is 0.432 e. The van der Waals surface area contributed by atoms with Gasteiger partial charge in [0, 0.05) is 12.1 Å². The van der Waals surface area contributed by atoms with E-state index >= 15 is 0 Å². The highest BCUT2D eigenvalue weighted by Gasteiger charge is 2.23. The van der Waals surface area contributed by atoms with Gasteiger partial charge in [0.1, 0.15) is 6.04 Å². The average molecular weight is 272 g/mol. The van der Waals surface area contributed by atoms with Crippen molar-refractivity contribution >= 4 is 12.1 Å². The molecule has 1 atom stereocenters. The van der Waals surface area contributed by atoms with E-state index in [1.54, 1.807) is 0 Å². The fourth-order valence-electron chi connectivity index (χ4n) is 1.44. The molecule has 0 radical (unpaired) electrons. The Morgan fingerprint density at radius 2 is 1.84 bits per heavy atom. The Kier molecular flexibility index (Phi) is 4.62. The second-order valence-electron chi connectivity index (χ2n) is 4.39. The topological polar surface area (TPSA) is 121 Å². The first-order chi connectivity index (χ1) is 8.81. The first-order valence-electron chi connectivity index (χ1n) is 5.62. The van der Waals surface area contributed by atoms with Gasteiger partial charge in [0.2, 0.25) is 11.8 Å². The Hall–Kier alpha value is -2.38. The summed E-state index contributed by atoms with van der Waals surface area (Å²) in [5.41, 5.74) is 0. The van der Waals surface area contributed by atoms with Gasteiger partial charge in [-0.2, -0.15) is 0 Å². The molecular formula is C11H16N2O6. The molecule has 106 valence electrons. The molecule has 1 amide bonds. The number of aliphatic carboxylic acids is 1. The van der Waals surface area contributed by atoms with Crippen LogP contribution in [-0.4, -0.2) is 38.2 Å². The molecule has 0 bridgehead atoms. The minimum atomic E-state index is -1.19. The predicted octanol–water partition coefficient (Wildman–Crippen LogP) is 0.537. The van der Waals surface area contributed by atoms with Crippen molar-refractivity contribution in [2.75, 3.05) is 0 Å². The van der Waals surface area contributed by atoms with Crippen molar-refractivity contribution in [2.24, 2.45) is 5.92 Å². The lowest BCUT2D eigenvalue weighted by atomic mass is 10.0. The third-order valence-corrected chi connectivity index (χ3v) is 2.27. The highest BCUT2D eigenvalue weighted by Crippen LogP contribution is 2.18. The van der Waals surface area contributed by atoms with E-state index in [9.17, 15) is 19.8 Å². The molecule has 0 fully saturated rings. The Bertz CT molecular complexity index is 448. The summed E-state index contributed by atoms with van der Waals surface area (Å²) in [4.78, 5) is 27.0. The van der Waals surface area contributed by atoms with Crippen LogP contribution in [0.3, 0.4) is 0 Å². The van der Waals surface area contributed by atoms with Crippen LogP contribution in [0.2, 0.25) is 0 Å². The summed E-state index contributed by atoms with van der Waals surface area (Å²) in [6, 6.07) is 1.13. The van der Waals surface area contributed by atoms with Gasteiger partial charge in [-0.25, -0.2) is 9.59 Å². The van der Waals surface area contributed by atoms with Crippen molar-refractivity contribution in [3.63, 3.8) is 0 Å². The molecule has 0 saturated carbocycles. The predicted molar refractivity (Wildman–Crippen MR) is 63.8 cm³/mol. The normalized spacial score (nSPS) is 12.2. The van der Waals surface area contributed by atoms with Gasteiger partial charge in [0.25, 0.3) is 0 Å². The minimum Gasteiger partial charge on any atom is -0.492 e. The van der Waals surface area contributed by atoms with Crippen LogP contribution in [0.4, 0.5) is 4.79 Å². The van der Waals surface area contributed by atoms with Gasteiger partial charge < -0.3 is 25.5 Å². The second-order valence-corrected chi connectivity index (χ2v) is 4.39. The van der Waals surface area contributed by atoms with Crippen LogP contribution in [0.5, 0.6) is 11.8 Å². The number of carboxylic acids is 1. The Labute approximate surface area is 109 Å². The summed E-state index contributed by atoms with van der Waals surface area (Å²) >= 11 is 0. The van der Waals surface area contributed by atoms with Crippen LogP contribution >= 0.6 is 0 Å². The van der Waals surface area contributed by atoms with Crippen LogP contribution in [0, 0.1) is 5.92 Å². The number of nitrogens with zero attached hydrogens (tertiary/aromatic N) is 1. The molecule has 1 aromatic rings. The van der Waals surface area contributed by atoms with Crippen molar-refractivity contribution in [3.8, 4) is 11.8 Å². The molecule has 0 spiro atoms. The van der Waals surface area contributed by atoms with Crippen LogP contribution < -0.4 is 10.2 Å². The SMILES string of the molecule is CC(C)C[C@H](NC(=O)On1c(O)ccc1O)C(=O)O. The monoisotopic (exact) mass is 272 g/mol. The molecule has 0 aliphatic rings. The number of nitrogens with one attached hydrogen (secondary N) is 1. The second kappa shape index (κ2) is 5.98. The molecule has 4 N–H and O–H groups in total. The van der Waals surface area contributed by atoms with E-state index < -0.39 is 29.9 Å². The fourth-order valence-corrected chi connectivity index (χ4v) is 1.44. The van der Waals surface area contributed by atoms with Gasteiger partial charge in [-0.15, -0.1) is 4.73 Å². The van der Waals surface area contributed by atoms with Crippen molar-refractivity contribution < 1.29 is 29.7 Å². The van der Waals surface area contributed by atoms with E-state index in [0.29, 0.717) is 4.73 Å². The summed E-state index contributed by atoms with van der Waals surface area (Å²) in [5.74, 6) is -2.09. The number of carbonyl (C=O) groups excluding carboxylic acids is 1. The number of carboxylic acid groups (broad SMARTS) is 1. The molecule has 8 heteroatoms. The van der Waals surface area contributed by atoms with Crippen molar-refractivity contribution in [1.29, 1.82) is 0 Å². The molecule has 0 saturated heterocycles. The van der Waals surface area contributed by atoms with Gasteiger partial charge in [-0.3, -0.25) is 0 Å². The summed E-state index contributed by atoms with van der Waals surface area (Å²) in [6.07, 6.45) is -0.858.